The Labute approximate surface area is 130 Å². The average Bonchev–Trinajstić information content (AvgIpc) is 2.98. The number of likely N-dealkylation sites (tertiary alicyclic amines) is 1. The van der Waals surface area contributed by atoms with E-state index in [1.807, 2.05) is 11.8 Å². The lowest BCUT2D eigenvalue weighted by Gasteiger charge is -2.46. The molecule has 0 spiro atoms. The fourth-order valence-electron chi connectivity index (χ4n) is 4.41. The molecule has 1 aromatic carbocycles. The molecule has 1 aliphatic heterocycles. The SMILES string of the molecule is CCC(=O)N1CC(CO)CC2c3cccc4[nH]cc(c34)CC21. The highest BCUT2D eigenvalue weighted by molar-refractivity contribution is 5.89. The number of nitrogens with zero attached hydrogens (tertiary/aromatic N) is 1. The number of fused-ring (bicyclic) bond motifs is 2. The quantitative estimate of drug-likeness (QED) is 0.894. The molecule has 1 amide bonds. The molecule has 0 bridgehead atoms. The Morgan fingerprint density at radius 1 is 1.45 bits per heavy atom. The molecule has 1 fully saturated rings. The number of rotatable bonds is 2. The molecule has 116 valence electrons. The molecule has 3 unspecified atom stereocenters. The second-order valence-corrected chi connectivity index (χ2v) is 6.65. The van der Waals surface area contributed by atoms with Crippen LogP contribution in [0.25, 0.3) is 10.9 Å². The van der Waals surface area contributed by atoms with Gasteiger partial charge >= 0.3 is 0 Å². The summed E-state index contributed by atoms with van der Waals surface area (Å²) in [5, 5.41) is 11.0. The predicted octanol–water partition coefficient (Wildman–Crippen LogP) is 2.43. The molecule has 2 aromatic rings. The minimum atomic E-state index is 0.159. The summed E-state index contributed by atoms with van der Waals surface area (Å²) in [6, 6.07) is 6.65. The number of aliphatic hydroxyl groups excluding tert-OH is 1. The van der Waals surface area contributed by atoms with Gasteiger partial charge in [0.05, 0.1) is 0 Å². The van der Waals surface area contributed by atoms with E-state index in [0.717, 1.165) is 12.8 Å². The standard InChI is InChI=1S/C18H22N2O2/c1-2-17(22)20-9-11(10-21)6-14-13-4-3-5-15-18(13)12(8-19-15)7-16(14)20/h3-5,8,11,14,16,19,21H,2,6-7,9-10H2,1H3. The number of aromatic nitrogens is 1. The van der Waals surface area contributed by atoms with Crippen molar-refractivity contribution < 1.29 is 9.90 Å². The number of carbonyl (C=O) groups is 1. The van der Waals surface area contributed by atoms with Gasteiger partial charge in [-0.3, -0.25) is 4.79 Å². The summed E-state index contributed by atoms with van der Waals surface area (Å²) in [4.78, 5) is 17.8. The summed E-state index contributed by atoms with van der Waals surface area (Å²) in [5.41, 5.74) is 3.85. The van der Waals surface area contributed by atoms with Crippen LogP contribution in [-0.4, -0.2) is 40.1 Å². The van der Waals surface area contributed by atoms with E-state index in [1.54, 1.807) is 0 Å². The number of hydrogen-bond donors (Lipinski definition) is 2. The lowest BCUT2D eigenvalue weighted by Crippen LogP contribution is -2.53. The number of hydrogen-bond acceptors (Lipinski definition) is 2. The Morgan fingerprint density at radius 3 is 3.09 bits per heavy atom. The zero-order chi connectivity index (χ0) is 15.3. The zero-order valence-corrected chi connectivity index (χ0v) is 12.9. The van der Waals surface area contributed by atoms with Gasteiger partial charge in [0.25, 0.3) is 0 Å². The number of benzene rings is 1. The Balaban J connectivity index is 1.82. The summed E-state index contributed by atoms with van der Waals surface area (Å²) in [6.45, 7) is 2.78. The van der Waals surface area contributed by atoms with E-state index in [9.17, 15) is 9.90 Å². The van der Waals surface area contributed by atoms with Gasteiger partial charge in [0, 0.05) is 54.5 Å². The molecule has 0 radical (unpaired) electrons. The first kappa shape index (κ1) is 13.8. The van der Waals surface area contributed by atoms with Crippen LogP contribution in [0.1, 0.15) is 36.8 Å². The van der Waals surface area contributed by atoms with Gasteiger partial charge in [-0.15, -0.1) is 0 Å². The van der Waals surface area contributed by atoms with Crippen LogP contribution in [0.4, 0.5) is 0 Å². The van der Waals surface area contributed by atoms with Gasteiger partial charge < -0.3 is 15.0 Å². The third-order valence-corrected chi connectivity index (χ3v) is 5.44. The Kier molecular flexibility index (Phi) is 3.22. The number of carbonyl (C=O) groups excluding carboxylic acids is 1. The van der Waals surface area contributed by atoms with Crippen molar-refractivity contribution in [3.8, 4) is 0 Å². The van der Waals surface area contributed by atoms with Crippen LogP contribution in [0.3, 0.4) is 0 Å². The van der Waals surface area contributed by atoms with Gasteiger partial charge in [0.15, 0.2) is 0 Å². The Bertz CT molecular complexity index is 721. The number of piperidine rings is 1. The molecular weight excluding hydrogens is 276 g/mol. The molecular formula is C18H22N2O2. The molecule has 2 heterocycles. The van der Waals surface area contributed by atoms with Crippen LogP contribution >= 0.6 is 0 Å². The van der Waals surface area contributed by atoms with Gasteiger partial charge in [-0.2, -0.15) is 0 Å². The minimum absolute atomic E-state index is 0.159. The van der Waals surface area contributed by atoms with Gasteiger partial charge in [-0.1, -0.05) is 19.1 Å². The highest BCUT2D eigenvalue weighted by Crippen LogP contribution is 2.44. The van der Waals surface area contributed by atoms with E-state index in [4.69, 9.17) is 0 Å². The Morgan fingerprint density at radius 2 is 2.32 bits per heavy atom. The first-order chi connectivity index (χ1) is 10.7. The van der Waals surface area contributed by atoms with Crippen LogP contribution in [0, 0.1) is 5.92 Å². The molecule has 3 atom stereocenters. The zero-order valence-electron chi connectivity index (χ0n) is 12.9. The van der Waals surface area contributed by atoms with Crippen molar-refractivity contribution in [3.63, 3.8) is 0 Å². The summed E-state index contributed by atoms with van der Waals surface area (Å²) >= 11 is 0. The maximum Gasteiger partial charge on any atom is 0.222 e. The van der Waals surface area contributed by atoms with Crippen LogP contribution < -0.4 is 0 Å². The third kappa shape index (κ3) is 1.90. The molecule has 0 saturated carbocycles. The highest BCUT2D eigenvalue weighted by Gasteiger charge is 2.41. The van der Waals surface area contributed by atoms with Crippen molar-refractivity contribution in [2.45, 2.75) is 38.1 Å². The van der Waals surface area contributed by atoms with E-state index in [2.05, 4.69) is 29.4 Å². The second-order valence-electron chi connectivity index (χ2n) is 6.65. The molecule has 4 heteroatoms. The van der Waals surface area contributed by atoms with E-state index in [-0.39, 0.29) is 24.5 Å². The second kappa shape index (κ2) is 5.13. The molecule has 1 aromatic heterocycles. The van der Waals surface area contributed by atoms with E-state index >= 15 is 0 Å². The monoisotopic (exact) mass is 298 g/mol. The Hall–Kier alpha value is -1.81. The molecule has 4 rings (SSSR count). The minimum Gasteiger partial charge on any atom is -0.396 e. The summed E-state index contributed by atoms with van der Waals surface area (Å²) < 4.78 is 0. The number of H-pyrrole nitrogens is 1. The fraction of sp³-hybridized carbons (Fsp3) is 0.500. The number of nitrogens with one attached hydrogen (secondary N) is 1. The van der Waals surface area contributed by atoms with Gasteiger partial charge in [0.2, 0.25) is 5.91 Å². The third-order valence-electron chi connectivity index (χ3n) is 5.44. The largest absolute Gasteiger partial charge is 0.396 e. The smallest absolute Gasteiger partial charge is 0.222 e. The molecule has 1 aliphatic carbocycles. The molecule has 2 aliphatic rings. The van der Waals surface area contributed by atoms with Crippen LogP contribution in [0.15, 0.2) is 24.4 Å². The average molecular weight is 298 g/mol. The molecule has 1 saturated heterocycles. The number of aliphatic hydroxyl groups is 1. The number of amides is 1. The number of aromatic amines is 1. The fourth-order valence-corrected chi connectivity index (χ4v) is 4.41. The summed E-state index contributed by atoms with van der Waals surface area (Å²) in [7, 11) is 0. The molecule has 4 nitrogen and oxygen atoms in total. The normalized spacial score (nSPS) is 27.0. The van der Waals surface area contributed by atoms with Gasteiger partial charge in [-0.25, -0.2) is 0 Å². The van der Waals surface area contributed by atoms with Crippen molar-refractivity contribution in [2.24, 2.45) is 5.92 Å². The maximum atomic E-state index is 12.4. The van der Waals surface area contributed by atoms with E-state index in [0.29, 0.717) is 18.9 Å². The van der Waals surface area contributed by atoms with Crippen LogP contribution in [0.5, 0.6) is 0 Å². The maximum absolute atomic E-state index is 12.4. The lowest BCUT2D eigenvalue weighted by atomic mass is 9.72. The van der Waals surface area contributed by atoms with E-state index in [1.165, 1.54) is 22.0 Å². The first-order valence-corrected chi connectivity index (χ1v) is 8.22. The summed E-state index contributed by atoms with van der Waals surface area (Å²) in [5.74, 6) is 0.736. The summed E-state index contributed by atoms with van der Waals surface area (Å²) in [6.07, 6.45) is 4.52. The van der Waals surface area contributed by atoms with Crippen molar-refractivity contribution in [1.29, 1.82) is 0 Å². The molecule has 2 N–H and O–H groups in total. The molecule has 22 heavy (non-hydrogen) atoms. The highest BCUT2D eigenvalue weighted by atomic mass is 16.3. The van der Waals surface area contributed by atoms with Crippen molar-refractivity contribution in [3.05, 3.63) is 35.5 Å². The van der Waals surface area contributed by atoms with Gasteiger partial charge in [-0.05, 0) is 30.0 Å². The van der Waals surface area contributed by atoms with E-state index < -0.39 is 0 Å². The van der Waals surface area contributed by atoms with Crippen molar-refractivity contribution in [2.75, 3.05) is 13.2 Å². The van der Waals surface area contributed by atoms with Crippen molar-refractivity contribution >= 4 is 16.8 Å². The first-order valence-electron chi connectivity index (χ1n) is 8.22. The van der Waals surface area contributed by atoms with Crippen LogP contribution in [0.2, 0.25) is 0 Å². The van der Waals surface area contributed by atoms with Gasteiger partial charge in [0.1, 0.15) is 0 Å². The topological polar surface area (TPSA) is 56.3 Å². The predicted molar refractivity (Wildman–Crippen MR) is 85.7 cm³/mol. The van der Waals surface area contributed by atoms with Crippen molar-refractivity contribution in [1.82, 2.24) is 9.88 Å². The van der Waals surface area contributed by atoms with Crippen LogP contribution in [-0.2, 0) is 11.2 Å². The lowest BCUT2D eigenvalue weighted by molar-refractivity contribution is -0.136.